The number of hydrogen-bond acceptors (Lipinski definition) is 0. The van der Waals surface area contributed by atoms with Crippen LogP contribution in [0.1, 0.15) is 52.4 Å². The molecule has 0 nitrogen and oxygen atoms in total. The fourth-order valence-electron chi connectivity index (χ4n) is 28.2. The first-order valence-corrected chi connectivity index (χ1v) is 18.9. The second kappa shape index (κ2) is 0.763. The topological polar surface area (TPSA) is 0 Å². The van der Waals surface area contributed by atoms with Gasteiger partial charge in [-0.3, -0.25) is 0 Å². The van der Waals surface area contributed by atoms with Gasteiger partial charge in [0.05, 0.1) is 0 Å². The second-order valence-electron chi connectivity index (χ2n) is 15.4. The predicted molar refractivity (Wildman–Crippen MR) is 74.4 cm³/mol. The predicted octanol–water partition coefficient (Wildman–Crippen LogP) is 6.50. The molecule has 10 aliphatic heterocycles. The number of fused-ring (bicyclic) bond motifs is 10. The molecule has 0 radical (unpaired) electrons. The van der Waals surface area contributed by atoms with Gasteiger partial charge in [0.25, 0.3) is 0 Å². The van der Waals surface area contributed by atoms with Crippen molar-refractivity contribution in [1.82, 2.24) is 0 Å². The number of hydrogen-bond donors (Lipinski definition) is 0. The summed E-state index contributed by atoms with van der Waals surface area (Å²) in [6.07, 6.45) is 9.78. The Kier molecular flexibility index (Phi) is 0.336. The van der Waals surface area contributed by atoms with Gasteiger partial charge in [-0.05, 0) is 0 Å². The molecule has 1 spiro atoms. The molecular formula is C18H26Ti. The van der Waals surface area contributed by atoms with E-state index in [4.69, 9.17) is 0 Å². The Morgan fingerprint density at radius 1 is 0.684 bits per heavy atom. The Morgan fingerprint density at radius 3 is 1.37 bits per heavy atom. The van der Waals surface area contributed by atoms with Crippen molar-refractivity contribution >= 4 is 0 Å². The van der Waals surface area contributed by atoms with Gasteiger partial charge in [0.1, 0.15) is 0 Å². The first-order valence-electron chi connectivity index (χ1n) is 10.1. The van der Waals surface area contributed by atoms with E-state index in [2.05, 4.69) is 13.8 Å². The summed E-state index contributed by atoms with van der Waals surface area (Å²) in [6, 6.07) is 0. The summed E-state index contributed by atoms with van der Waals surface area (Å²) in [4.78, 5) is 0. The van der Waals surface area contributed by atoms with Crippen LogP contribution in [-0.4, -0.2) is 0 Å². The second-order valence-corrected chi connectivity index (χ2v) is 48.5. The summed E-state index contributed by atoms with van der Waals surface area (Å²) in [5.41, 5.74) is 0. The molecule has 0 bridgehead atoms. The molecule has 0 saturated carbocycles. The van der Waals surface area contributed by atoms with E-state index in [0.29, 0.717) is 0 Å². The zero-order chi connectivity index (χ0) is 12.2. The SMILES string of the molecule is CCCC[C]12[CH]3[CH]4[CH]5[C]1(CCCC)[Ti]43521678[CH]2[CH]1[CH]6[CH]7[CH]28. The van der Waals surface area contributed by atoms with E-state index >= 15 is 0 Å². The molecule has 4 atom stereocenters. The Hall–Kier alpha value is 0.714. The Labute approximate surface area is 102 Å². The minimum absolute atomic E-state index is 1.22. The number of rotatable bonds is 6. The van der Waals surface area contributed by atoms with Crippen molar-refractivity contribution in [2.75, 3.05) is 0 Å². The molecule has 10 heterocycles. The van der Waals surface area contributed by atoms with Crippen LogP contribution in [0.2, 0.25) is 41.2 Å². The van der Waals surface area contributed by atoms with E-state index in [9.17, 15) is 0 Å². The quantitative estimate of drug-likeness (QED) is 0.490. The molecular weight excluding hydrogens is 264 g/mol. The zero-order valence-corrected chi connectivity index (χ0v) is 13.9. The summed E-state index contributed by atoms with van der Waals surface area (Å²) in [7, 11) is -3.25. The molecule has 0 aliphatic carbocycles. The molecule has 19 heavy (non-hydrogen) atoms. The average molecular weight is 290 g/mol. The van der Waals surface area contributed by atoms with Crippen molar-refractivity contribution in [3.05, 3.63) is 0 Å². The van der Waals surface area contributed by atoms with Crippen LogP contribution in [0.25, 0.3) is 0 Å². The van der Waals surface area contributed by atoms with Gasteiger partial charge in [-0.2, -0.15) is 0 Å². The molecule has 0 aromatic rings. The van der Waals surface area contributed by atoms with Crippen LogP contribution in [0.3, 0.4) is 0 Å². The first kappa shape index (κ1) is 8.37. The molecule has 10 saturated heterocycles. The van der Waals surface area contributed by atoms with Gasteiger partial charge in [0, 0.05) is 0 Å². The van der Waals surface area contributed by atoms with Crippen LogP contribution >= 0.6 is 0 Å². The first-order chi connectivity index (χ1) is 9.06. The summed E-state index contributed by atoms with van der Waals surface area (Å²) in [5, 5.41) is 0. The Morgan fingerprint density at radius 2 is 1.11 bits per heavy atom. The molecule has 10 aliphatic rings. The van der Waals surface area contributed by atoms with Crippen LogP contribution in [0, 0.1) is 0 Å². The summed E-state index contributed by atoms with van der Waals surface area (Å²) < 4.78 is 14.9. The summed E-state index contributed by atoms with van der Waals surface area (Å²) in [6.45, 7) is 4.90. The van der Waals surface area contributed by atoms with Crippen LogP contribution in [0.5, 0.6) is 0 Å². The van der Waals surface area contributed by atoms with E-state index in [-0.39, 0.29) is 0 Å². The van der Waals surface area contributed by atoms with Crippen LogP contribution in [-0.2, 0) is 8.89 Å². The average Bonchev–Trinajstić information content (AvgIpc) is 3.36. The summed E-state index contributed by atoms with van der Waals surface area (Å²) >= 11 is 0. The standard InChI is InChI=1S/C13H21.C5H5.Ti/c1-3-5-8-12-10-7-11-13(12)9-6-4-2;1-2-4-5-3-1;/h7,10-11H,3-6,8-9H2,1-2H3;1-5H;. The maximum atomic E-state index is 2.45. The minimum atomic E-state index is -3.25. The van der Waals surface area contributed by atoms with Crippen LogP contribution < -0.4 is 0 Å². The molecule has 1 heteroatoms. The third kappa shape index (κ3) is 0.0925. The number of unbranched alkanes of at least 4 members (excludes halogenated alkanes) is 2. The molecule has 0 amide bonds. The van der Waals surface area contributed by atoms with E-state index in [1.54, 1.807) is 59.5 Å². The third-order valence-corrected chi connectivity index (χ3v) is 85.6. The molecule has 102 valence electrons. The van der Waals surface area contributed by atoms with Gasteiger partial charge >= 0.3 is 102 Å². The van der Waals surface area contributed by atoms with Gasteiger partial charge in [0.2, 0.25) is 0 Å². The van der Waals surface area contributed by atoms with Crippen LogP contribution in [0.15, 0.2) is 0 Å². The van der Waals surface area contributed by atoms with Gasteiger partial charge in [0.15, 0.2) is 0 Å². The molecule has 0 N–H and O–H groups in total. The summed E-state index contributed by atoms with van der Waals surface area (Å²) in [5.74, 6) is 0. The fourth-order valence-corrected chi connectivity index (χ4v) is 156. The van der Waals surface area contributed by atoms with Gasteiger partial charge in [-0.1, -0.05) is 0 Å². The van der Waals surface area contributed by atoms with Gasteiger partial charge in [-0.25, -0.2) is 0 Å². The molecule has 0 aromatic carbocycles. The van der Waals surface area contributed by atoms with Crippen molar-refractivity contribution in [3.63, 3.8) is 0 Å². The van der Waals surface area contributed by atoms with Crippen molar-refractivity contribution in [2.45, 2.75) is 93.6 Å². The Balaban J connectivity index is 1.43. The molecule has 10 fully saturated rings. The van der Waals surface area contributed by atoms with Gasteiger partial charge < -0.3 is 0 Å². The van der Waals surface area contributed by atoms with Gasteiger partial charge in [-0.15, -0.1) is 0 Å². The maximum absolute atomic E-state index is 3.25. The zero-order valence-electron chi connectivity index (χ0n) is 12.4. The van der Waals surface area contributed by atoms with Crippen LogP contribution in [0.4, 0.5) is 0 Å². The molecule has 0 aromatic heterocycles. The van der Waals surface area contributed by atoms with Crippen molar-refractivity contribution in [1.29, 1.82) is 0 Å². The van der Waals surface area contributed by atoms with Crippen molar-refractivity contribution < 1.29 is 8.89 Å². The van der Waals surface area contributed by atoms with E-state index < -0.39 is 8.89 Å². The monoisotopic (exact) mass is 290 g/mol. The van der Waals surface area contributed by atoms with Crippen molar-refractivity contribution in [3.8, 4) is 0 Å². The third-order valence-electron chi connectivity index (χ3n) is 23.2. The molecule has 4 unspecified atom stereocenters. The van der Waals surface area contributed by atoms with Crippen molar-refractivity contribution in [2.24, 2.45) is 0 Å². The van der Waals surface area contributed by atoms with E-state index in [0.717, 1.165) is 0 Å². The Bertz CT molecular complexity index is 903. The fraction of sp³-hybridized carbons (Fsp3) is 1.00. The van der Waals surface area contributed by atoms with E-state index in [1.807, 2.05) is 0 Å². The van der Waals surface area contributed by atoms with E-state index in [1.165, 1.54) is 20.3 Å². The normalized spacial score (nSPS) is 112. The molecule has 10 rings (SSSR count).